The number of nitrogens with one attached hydrogen (secondary N) is 1. The average Bonchev–Trinajstić information content (AvgIpc) is 2.67. The quantitative estimate of drug-likeness (QED) is 0.726. The molecule has 73 valence electrons. The van der Waals surface area contributed by atoms with Crippen LogP contribution in [0.2, 0.25) is 0 Å². The van der Waals surface area contributed by atoms with Gasteiger partial charge in [-0.05, 0) is 24.5 Å². The zero-order chi connectivity index (χ0) is 9.80. The predicted octanol–water partition coefficient (Wildman–Crippen LogP) is 3.18. The third-order valence-corrected chi connectivity index (χ3v) is 2.49. The van der Waals surface area contributed by atoms with Crippen molar-refractivity contribution in [3.63, 3.8) is 0 Å². The van der Waals surface area contributed by atoms with E-state index in [-0.39, 0.29) is 0 Å². The fraction of sp³-hybridized carbons (Fsp3) is 0.455. The number of anilines is 1. The fourth-order valence-electron chi connectivity index (χ4n) is 1.70. The highest BCUT2D eigenvalue weighted by Gasteiger charge is 2.19. The predicted molar refractivity (Wildman–Crippen MR) is 57.5 cm³/mol. The van der Waals surface area contributed by atoms with Crippen LogP contribution in [0.25, 0.3) is 0 Å². The van der Waals surface area contributed by atoms with Crippen molar-refractivity contribution in [1.29, 1.82) is 0 Å². The summed E-state index contributed by atoms with van der Waals surface area (Å²) in [5.41, 5.74) is 6.27. The van der Waals surface area contributed by atoms with Crippen molar-refractivity contribution >= 4 is 11.4 Å². The third-order valence-electron chi connectivity index (χ3n) is 2.49. The van der Waals surface area contributed by atoms with Gasteiger partial charge in [0.05, 0.1) is 0 Å². The molecule has 1 aromatic carbocycles. The van der Waals surface area contributed by atoms with Crippen molar-refractivity contribution in [3.05, 3.63) is 23.8 Å². The number of hydrogen-bond acceptors (Lipinski definition) is 3. The highest BCUT2D eigenvalue weighted by molar-refractivity contribution is 5.70. The van der Waals surface area contributed by atoms with Gasteiger partial charge in [-0.25, -0.2) is 0 Å². The van der Waals surface area contributed by atoms with Crippen molar-refractivity contribution < 1.29 is 0 Å². The number of aryl methyl sites for hydroxylation is 1. The minimum Gasteiger partial charge on any atom is -0.0687 e. The molecular formula is C11H15N3+. The molecule has 0 atom stereocenters. The summed E-state index contributed by atoms with van der Waals surface area (Å²) in [6.45, 7) is 2.22. The van der Waals surface area contributed by atoms with Gasteiger partial charge < -0.3 is 0 Å². The van der Waals surface area contributed by atoms with E-state index in [0.717, 1.165) is 17.8 Å². The molecule has 0 aliphatic carbocycles. The Bertz CT molecular complexity index is 344. The van der Waals surface area contributed by atoms with Gasteiger partial charge in [-0.1, -0.05) is 37.3 Å². The van der Waals surface area contributed by atoms with Crippen molar-refractivity contribution in [1.82, 2.24) is 5.22 Å². The molecule has 0 saturated carbocycles. The molecule has 3 heteroatoms. The van der Waals surface area contributed by atoms with E-state index in [9.17, 15) is 0 Å². The Morgan fingerprint density at radius 2 is 2.29 bits per heavy atom. The maximum atomic E-state index is 4.09. The SMILES string of the molecule is CCCCCc1cccc2c1N=[N+]N2. The molecule has 1 aromatic rings. The first-order valence-electron chi connectivity index (χ1n) is 5.20. The van der Waals surface area contributed by atoms with E-state index in [4.69, 9.17) is 0 Å². The standard InChI is InChI=1S/C11H15N3/c1-2-3-4-6-9-7-5-8-10-11(9)13-14-12-10/h5,7-8H,2-4,6H2,1H3,(H,12,13)/q+1. The minimum absolute atomic E-state index is 1.03. The van der Waals surface area contributed by atoms with Crippen LogP contribution < -0.4 is 10.6 Å². The van der Waals surface area contributed by atoms with Crippen LogP contribution in [0.4, 0.5) is 11.4 Å². The Kier molecular flexibility index (Phi) is 2.77. The van der Waals surface area contributed by atoms with E-state index < -0.39 is 0 Å². The van der Waals surface area contributed by atoms with Gasteiger partial charge in [-0.15, -0.1) is 0 Å². The Labute approximate surface area is 84.2 Å². The Morgan fingerprint density at radius 3 is 3.14 bits per heavy atom. The van der Waals surface area contributed by atoms with Crippen LogP contribution in [0.5, 0.6) is 0 Å². The summed E-state index contributed by atoms with van der Waals surface area (Å²) < 4.78 is 0. The minimum atomic E-state index is 1.03. The molecule has 0 aromatic heterocycles. The van der Waals surface area contributed by atoms with E-state index in [2.05, 4.69) is 34.8 Å². The summed E-state index contributed by atoms with van der Waals surface area (Å²) in [5, 5.41) is 7.91. The molecule has 0 bridgehead atoms. The number of unbranched alkanes of at least 4 members (excludes halogenated alkanes) is 2. The molecule has 1 heterocycles. The van der Waals surface area contributed by atoms with Gasteiger partial charge in [0.15, 0.2) is 5.69 Å². The van der Waals surface area contributed by atoms with E-state index in [1.165, 1.54) is 24.8 Å². The van der Waals surface area contributed by atoms with Gasteiger partial charge in [0.2, 0.25) is 0 Å². The first-order valence-corrected chi connectivity index (χ1v) is 5.20. The molecule has 3 nitrogen and oxygen atoms in total. The molecule has 0 unspecified atom stereocenters. The highest BCUT2D eigenvalue weighted by Crippen LogP contribution is 2.32. The van der Waals surface area contributed by atoms with Gasteiger partial charge in [0, 0.05) is 0 Å². The molecule has 0 fully saturated rings. The summed E-state index contributed by atoms with van der Waals surface area (Å²) >= 11 is 0. The van der Waals surface area contributed by atoms with Crippen LogP contribution >= 0.6 is 0 Å². The van der Waals surface area contributed by atoms with Crippen molar-refractivity contribution in [2.45, 2.75) is 32.6 Å². The molecule has 2 rings (SSSR count). The number of nitrogens with zero attached hydrogens (tertiary/aromatic N) is 2. The zero-order valence-electron chi connectivity index (χ0n) is 8.45. The second-order valence-electron chi connectivity index (χ2n) is 3.58. The number of rotatable bonds is 4. The summed E-state index contributed by atoms with van der Waals surface area (Å²) in [6.07, 6.45) is 4.89. The second kappa shape index (κ2) is 4.22. The third kappa shape index (κ3) is 1.76. The van der Waals surface area contributed by atoms with Gasteiger partial charge in [0.25, 0.3) is 0 Å². The molecule has 0 spiro atoms. The van der Waals surface area contributed by atoms with Gasteiger partial charge >= 0.3 is 5.22 Å². The Balaban J connectivity index is 2.10. The van der Waals surface area contributed by atoms with Gasteiger partial charge in [-0.3, -0.25) is 0 Å². The topological polar surface area (TPSA) is 38.5 Å². The maximum Gasteiger partial charge on any atom is 0.331 e. The second-order valence-corrected chi connectivity index (χ2v) is 3.58. The molecule has 14 heavy (non-hydrogen) atoms. The number of fused-ring (bicyclic) bond motifs is 1. The van der Waals surface area contributed by atoms with E-state index in [1.54, 1.807) is 0 Å². The lowest BCUT2D eigenvalue weighted by Gasteiger charge is -2.01. The van der Waals surface area contributed by atoms with E-state index >= 15 is 0 Å². The molecule has 1 aliphatic rings. The number of benzene rings is 1. The lowest BCUT2D eigenvalue weighted by atomic mass is 10.0. The smallest absolute Gasteiger partial charge is 0.0687 e. The van der Waals surface area contributed by atoms with E-state index in [0.29, 0.717) is 0 Å². The lowest BCUT2D eigenvalue weighted by molar-refractivity contribution is 0.717. The van der Waals surface area contributed by atoms with Crippen LogP contribution in [0.1, 0.15) is 31.7 Å². The molecule has 1 radical (unpaired) electrons. The fourth-order valence-corrected chi connectivity index (χ4v) is 1.70. The van der Waals surface area contributed by atoms with Gasteiger partial charge in [0.1, 0.15) is 10.8 Å². The summed E-state index contributed by atoms with van der Waals surface area (Å²) in [5.74, 6) is 0. The van der Waals surface area contributed by atoms with Crippen LogP contribution in [0.3, 0.4) is 0 Å². The normalized spacial score (nSPS) is 12.6. The molecule has 0 saturated heterocycles. The van der Waals surface area contributed by atoms with Crippen molar-refractivity contribution in [2.75, 3.05) is 5.43 Å². The summed E-state index contributed by atoms with van der Waals surface area (Å²) in [4.78, 5) is 0. The van der Waals surface area contributed by atoms with E-state index in [1.807, 2.05) is 6.07 Å². The Hall–Kier alpha value is -1.38. The van der Waals surface area contributed by atoms with Crippen LogP contribution in [0.15, 0.2) is 23.3 Å². The molecular weight excluding hydrogens is 174 g/mol. The first-order chi connectivity index (χ1) is 6.92. The average molecular weight is 189 g/mol. The monoisotopic (exact) mass is 189 g/mol. The summed E-state index contributed by atoms with van der Waals surface area (Å²) in [6, 6.07) is 6.21. The molecule has 1 aliphatic heterocycles. The number of hydrogen-bond donors (Lipinski definition) is 1. The van der Waals surface area contributed by atoms with Crippen molar-refractivity contribution in [3.8, 4) is 0 Å². The van der Waals surface area contributed by atoms with Crippen LogP contribution in [-0.2, 0) is 6.42 Å². The molecule has 1 N–H and O–H groups in total. The first kappa shape index (κ1) is 9.19. The maximum absolute atomic E-state index is 4.09. The largest absolute Gasteiger partial charge is 0.331 e. The lowest BCUT2D eigenvalue weighted by Crippen LogP contribution is -1.91. The zero-order valence-corrected chi connectivity index (χ0v) is 8.45. The summed E-state index contributed by atoms with van der Waals surface area (Å²) in [7, 11) is 0. The van der Waals surface area contributed by atoms with Gasteiger partial charge in [-0.2, -0.15) is 0 Å². The Morgan fingerprint density at radius 1 is 1.36 bits per heavy atom. The van der Waals surface area contributed by atoms with Crippen LogP contribution in [0, 0.1) is 0 Å². The van der Waals surface area contributed by atoms with Crippen molar-refractivity contribution in [2.24, 2.45) is 5.11 Å². The van der Waals surface area contributed by atoms with Crippen LogP contribution in [-0.4, -0.2) is 0 Å². The molecule has 0 amide bonds. The highest BCUT2D eigenvalue weighted by atomic mass is 15.5.